The lowest BCUT2D eigenvalue weighted by Crippen LogP contribution is -2.29. The van der Waals surface area contributed by atoms with Crippen molar-refractivity contribution in [3.63, 3.8) is 0 Å². The van der Waals surface area contributed by atoms with Gasteiger partial charge in [-0.2, -0.15) is 0 Å². The van der Waals surface area contributed by atoms with Crippen LogP contribution >= 0.6 is 0 Å². The number of carbonyl (C=O) groups excluding carboxylic acids is 1. The number of halogens is 1. The van der Waals surface area contributed by atoms with Crippen LogP contribution in [0.1, 0.15) is 49.3 Å². The molecule has 1 aliphatic heterocycles. The molecule has 1 saturated heterocycles. The average molecular weight is 235 g/mol. The van der Waals surface area contributed by atoms with E-state index in [0.29, 0.717) is 6.42 Å². The van der Waals surface area contributed by atoms with Gasteiger partial charge >= 0.3 is 0 Å². The molecule has 2 rings (SSSR count). The highest BCUT2D eigenvalue weighted by Gasteiger charge is 2.17. The van der Waals surface area contributed by atoms with Crippen LogP contribution in [-0.2, 0) is 4.79 Å². The molecule has 17 heavy (non-hydrogen) atoms. The van der Waals surface area contributed by atoms with Crippen LogP contribution in [0.3, 0.4) is 0 Å². The molecule has 1 unspecified atom stereocenters. The van der Waals surface area contributed by atoms with Gasteiger partial charge in [-0.25, -0.2) is 4.39 Å². The fraction of sp³-hybridized carbons (Fsp3) is 0.500. The SMILES string of the molecule is Cc1cc(F)cc(C2CCCCCC(=O)N2)c1. The van der Waals surface area contributed by atoms with Crippen molar-refractivity contribution in [3.05, 3.63) is 35.1 Å². The third kappa shape index (κ3) is 3.29. The molecule has 0 radical (unpaired) electrons. The minimum atomic E-state index is -0.226. The number of rotatable bonds is 1. The van der Waals surface area contributed by atoms with Crippen molar-refractivity contribution in [2.24, 2.45) is 0 Å². The Hall–Kier alpha value is -1.38. The maximum absolute atomic E-state index is 13.3. The summed E-state index contributed by atoms with van der Waals surface area (Å²) in [5.41, 5.74) is 1.79. The Bertz CT molecular complexity index is 396. The lowest BCUT2D eigenvalue weighted by Gasteiger charge is -2.22. The van der Waals surface area contributed by atoms with E-state index in [9.17, 15) is 9.18 Å². The Labute approximate surface area is 101 Å². The highest BCUT2D eigenvalue weighted by molar-refractivity contribution is 5.76. The van der Waals surface area contributed by atoms with Gasteiger partial charge in [0.15, 0.2) is 0 Å². The van der Waals surface area contributed by atoms with Gasteiger partial charge in [0.2, 0.25) is 5.91 Å². The van der Waals surface area contributed by atoms with Gasteiger partial charge in [0.1, 0.15) is 5.82 Å². The van der Waals surface area contributed by atoms with Crippen LogP contribution in [0.15, 0.2) is 18.2 Å². The van der Waals surface area contributed by atoms with Gasteiger partial charge in [0.05, 0.1) is 6.04 Å². The Balaban J connectivity index is 2.20. The monoisotopic (exact) mass is 235 g/mol. The summed E-state index contributed by atoms with van der Waals surface area (Å²) in [4.78, 5) is 11.6. The van der Waals surface area contributed by atoms with Gasteiger partial charge in [-0.15, -0.1) is 0 Å². The van der Waals surface area contributed by atoms with Crippen LogP contribution < -0.4 is 5.32 Å². The summed E-state index contributed by atoms with van der Waals surface area (Å²) in [5, 5.41) is 2.98. The first-order valence-electron chi connectivity index (χ1n) is 6.21. The van der Waals surface area contributed by atoms with Crippen LogP contribution in [0.4, 0.5) is 4.39 Å². The molecule has 1 fully saturated rings. The fourth-order valence-corrected chi connectivity index (χ4v) is 2.37. The minimum Gasteiger partial charge on any atom is -0.349 e. The maximum Gasteiger partial charge on any atom is 0.220 e. The van der Waals surface area contributed by atoms with Crippen LogP contribution in [0, 0.1) is 12.7 Å². The molecule has 1 aliphatic rings. The van der Waals surface area contributed by atoms with Crippen LogP contribution in [0.5, 0.6) is 0 Å². The number of aryl methyl sites for hydroxylation is 1. The number of hydrogen-bond acceptors (Lipinski definition) is 1. The second-order valence-corrected chi connectivity index (χ2v) is 4.78. The molecule has 1 atom stereocenters. The molecule has 1 heterocycles. The van der Waals surface area contributed by atoms with Crippen molar-refractivity contribution < 1.29 is 9.18 Å². The van der Waals surface area contributed by atoms with E-state index in [-0.39, 0.29) is 17.8 Å². The van der Waals surface area contributed by atoms with Crippen molar-refractivity contribution in [2.45, 2.75) is 45.1 Å². The van der Waals surface area contributed by atoms with Gasteiger partial charge < -0.3 is 5.32 Å². The fourth-order valence-electron chi connectivity index (χ4n) is 2.37. The summed E-state index contributed by atoms with van der Waals surface area (Å²) in [6.45, 7) is 1.87. The molecule has 1 N–H and O–H groups in total. The molecule has 1 amide bonds. The summed E-state index contributed by atoms with van der Waals surface area (Å²) in [6.07, 6.45) is 4.61. The predicted molar refractivity (Wildman–Crippen MR) is 65.1 cm³/mol. The third-order valence-electron chi connectivity index (χ3n) is 3.20. The minimum absolute atomic E-state index is 0.0304. The van der Waals surface area contributed by atoms with E-state index < -0.39 is 0 Å². The molecule has 2 nitrogen and oxygen atoms in total. The predicted octanol–water partition coefficient (Wildman–Crippen LogP) is 3.26. The number of hydrogen-bond donors (Lipinski definition) is 1. The molecular formula is C14H18FNO. The standard InChI is InChI=1S/C14H18FNO/c1-10-7-11(9-12(15)8-10)13-5-3-2-4-6-14(17)16-13/h7-9,13H,2-6H2,1H3,(H,16,17). The van der Waals surface area contributed by atoms with Gasteiger partial charge in [0, 0.05) is 6.42 Å². The molecule has 3 heteroatoms. The molecular weight excluding hydrogens is 217 g/mol. The van der Waals surface area contributed by atoms with E-state index in [2.05, 4.69) is 5.32 Å². The Kier molecular flexibility index (Phi) is 3.77. The largest absolute Gasteiger partial charge is 0.349 e. The van der Waals surface area contributed by atoms with Crippen LogP contribution in [0.25, 0.3) is 0 Å². The molecule has 0 bridgehead atoms. The first-order valence-corrected chi connectivity index (χ1v) is 6.21. The van der Waals surface area contributed by atoms with Crippen molar-refractivity contribution in [3.8, 4) is 0 Å². The van der Waals surface area contributed by atoms with Crippen molar-refractivity contribution in [1.29, 1.82) is 0 Å². The zero-order valence-corrected chi connectivity index (χ0v) is 10.1. The van der Waals surface area contributed by atoms with E-state index in [1.54, 1.807) is 0 Å². The van der Waals surface area contributed by atoms with Crippen molar-refractivity contribution in [2.75, 3.05) is 0 Å². The molecule has 0 saturated carbocycles. The lowest BCUT2D eigenvalue weighted by molar-refractivity contribution is -0.122. The molecule has 1 aromatic carbocycles. The smallest absolute Gasteiger partial charge is 0.220 e. The summed E-state index contributed by atoms with van der Waals surface area (Å²) in [5.74, 6) is -0.145. The van der Waals surface area contributed by atoms with Gasteiger partial charge in [-0.05, 0) is 43.0 Å². The molecule has 1 aromatic rings. The van der Waals surface area contributed by atoms with E-state index in [0.717, 1.165) is 36.8 Å². The second kappa shape index (κ2) is 5.30. The number of nitrogens with one attached hydrogen (secondary N) is 1. The van der Waals surface area contributed by atoms with Crippen molar-refractivity contribution >= 4 is 5.91 Å². The Morgan fingerprint density at radius 1 is 1.24 bits per heavy atom. The topological polar surface area (TPSA) is 29.1 Å². The molecule has 0 aromatic heterocycles. The third-order valence-corrected chi connectivity index (χ3v) is 3.20. The highest BCUT2D eigenvalue weighted by atomic mass is 19.1. The van der Waals surface area contributed by atoms with Gasteiger partial charge in [0.25, 0.3) is 0 Å². The number of amides is 1. The second-order valence-electron chi connectivity index (χ2n) is 4.78. The summed E-state index contributed by atoms with van der Waals surface area (Å²) >= 11 is 0. The summed E-state index contributed by atoms with van der Waals surface area (Å²) in [7, 11) is 0. The molecule has 0 aliphatic carbocycles. The van der Waals surface area contributed by atoms with E-state index >= 15 is 0 Å². The molecule has 92 valence electrons. The molecule has 0 spiro atoms. The maximum atomic E-state index is 13.3. The quantitative estimate of drug-likeness (QED) is 0.795. The first kappa shape index (κ1) is 12.1. The highest BCUT2D eigenvalue weighted by Crippen LogP contribution is 2.24. The van der Waals surface area contributed by atoms with Crippen LogP contribution in [0.2, 0.25) is 0 Å². The normalized spacial score (nSPS) is 21.5. The van der Waals surface area contributed by atoms with Gasteiger partial charge in [-0.3, -0.25) is 4.79 Å². The number of carbonyl (C=O) groups is 1. The van der Waals surface area contributed by atoms with Gasteiger partial charge in [-0.1, -0.05) is 18.9 Å². The summed E-state index contributed by atoms with van der Waals surface area (Å²) < 4.78 is 13.3. The summed E-state index contributed by atoms with van der Waals surface area (Å²) in [6, 6.07) is 4.96. The lowest BCUT2D eigenvalue weighted by atomic mass is 9.96. The zero-order valence-electron chi connectivity index (χ0n) is 10.1. The van der Waals surface area contributed by atoms with Crippen LogP contribution in [-0.4, -0.2) is 5.91 Å². The van der Waals surface area contributed by atoms with Crippen molar-refractivity contribution in [1.82, 2.24) is 5.32 Å². The average Bonchev–Trinajstić information content (AvgIpc) is 2.21. The Morgan fingerprint density at radius 2 is 2.06 bits per heavy atom. The van der Waals surface area contributed by atoms with E-state index in [1.807, 2.05) is 13.0 Å². The first-order chi connectivity index (χ1) is 8.15. The zero-order chi connectivity index (χ0) is 12.3. The Morgan fingerprint density at radius 3 is 2.82 bits per heavy atom. The number of benzene rings is 1. The van der Waals surface area contributed by atoms with E-state index in [1.165, 1.54) is 12.1 Å². The van der Waals surface area contributed by atoms with E-state index in [4.69, 9.17) is 0 Å².